The molecule has 1 aromatic rings. The van der Waals surface area contributed by atoms with Gasteiger partial charge >= 0.3 is 0 Å². The molecule has 1 aromatic carbocycles. The molecule has 2 heteroatoms. The summed E-state index contributed by atoms with van der Waals surface area (Å²) in [5.41, 5.74) is 10.1. The lowest BCUT2D eigenvalue weighted by atomic mass is 10.0. The number of aryl methyl sites for hydroxylation is 1. The highest BCUT2D eigenvalue weighted by atomic mass is 16.5. The van der Waals surface area contributed by atoms with Crippen LogP contribution in [0, 0.1) is 0 Å². The lowest BCUT2D eigenvalue weighted by molar-refractivity contribution is 0.356. The van der Waals surface area contributed by atoms with E-state index in [0.29, 0.717) is 0 Å². The first kappa shape index (κ1) is 7.39. The first-order valence-corrected chi connectivity index (χ1v) is 4.88. The Labute approximate surface area is 77.7 Å². The summed E-state index contributed by atoms with van der Waals surface area (Å²) in [6.07, 6.45) is 3.26. The molecule has 3 rings (SSSR count). The number of ether oxygens (including phenoxy) is 1. The molecule has 0 aromatic heterocycles. The van der Waals surface area contributed by atoms with E-state index < -0.39 is 0 Å². The van der Waals surface area contributed by atoms with Crippen molar-refractivity contribution in [1.29, 1.82) is 0 Å². The highest BCUT2D eigenvalue weighted by molar-refractivity contribution is 5.47. The lowest BCUT2D eigenvalue weighted by Gasteiger charge is -2.06. The van der Waals surface area contributed by atoms with Crippen molar-refractivity contribution in [3.8, 4) is 5.75 Å². The normalized spacial score (nSPS) is 23.9. The molecule has 0 radical (unpaired) electrons. The molecule has 0 spiro atoms. The maximum absolute atomic E-state index is 6.00. The molecule has 0 amide bonds. The molecule has 0 saturated heterocycles. The van der Waals surface area contributed by atoms with Gasteiger partial charge in [0.1, 0.15) is 5.75 Å². The first-order chi connectivity index (χ1) is 6.34. The van der Waals surface area contributed by atoms with Crippen molar-refractivity contribution in [3.63, 3.8) is 0 Å². The Morgan fingerprint density at radius 3 is 3.08 bits per heavy atom. The SMILES string of the molecule is N[C@@H]1CCc2cc3c(cc21)CCO3. The van der Waals surface area contributed by atoms with E-state index in [9.17, 15) is 0 Å². The van der Waals surface area contributed by atoms with Crippen LogP contribution in [-0.4, -0.2) is 6.61 Å². The lowest BCUT2D eigenvalue weighted by Crippen LogP contribution is -2.05. The van der Waals surface area contributed by atoms with Crippen LogP contribution in [0.5, 0.6) is 5.75 Å². The van der Waals surface area contributed by atoms with E-state index in [2.05, 4.69) is 12.1 Å². The molecular formula is C11H13NO. The fourth-order valence-electron chi connectivity index (χ4n) is 2.31. The van der Waals surface area contributed by atoms with Crippen LogP contribution in [-0.2, 0) is 12.8 Å². The van der Waals surface area contributed by atoms with E-state index in [1.165, 1.54) is 16.7 Å². The minimum absolute atomic E-state index is 0.265. The Kier molecular flexibility index (Phi) is 1.41. The van der Waals surface area contributed by atoms with Crippen LogP contribution in [0.25, 0.3) is 0 Å². The summed E-state index contributed by atoms with van der Waals surface area (Å²) in [7, 11) is 0. The topological polar surface area (TPSA) is 35.2 Å². The smallest absolute Gasteiger partial charge is 0.122 e. The molecule has 68 valence electrons. The molecule has 1 aliphatic carbocycles. The van der Waals surface area contributed by atoms with E-state index in [1.54, 1.807) is 0 Å². The van der Waals surface area contributed by atoms with Crippen molar-refractivity contribution in [2.45, 2.75) is 25.3 Å². The van der Waals surface area contributed by atoms with Gasteiger partial charge in [0.05, 0.1) is 6.61 Å². The van der Waals surface area contributed by atoms with Gasteiger partial charge in [-0.3, -0.25) is 0 Å². The first-order valence-electron chi connectivity index (χ1n) is 4.88. The zero-order valence-electron chi connectivity index (χ0n) is 7.55. The summed E-state index contributed by atoms with van der Waals surface area (Å²) < 4.78 is 5.52. The maximum Gasteiger partial charge on any atom is 0.122 e. The fraction of sp³-hybridized carbons (Fsp3) is 0.455. The second-order valence-electron chi connectivity index (χ2n) is 3.90. The predicted octanol–water partition coefficient (Wildman–Crippen LogP) is 1.57. The predicted molar refractivity (Wildman–Crippen MR) is 50.9 cm³/mol. The third-order valence-electron chi connectivity index (χ3n) is 3.08. The molecule has 0 saturated carbocycles. The fourth-order valence-corrected chi connectivity index (χ4v) is 2.31. The number of rotatable bonds is 0. The number of hydrogen-bond donors (Lipinski definition) is 1. The zero-order chi connectivity index (χ0) is 8.84. The van der Waals surface area contributed by atoms with Gasteiger partial charge in [-0.1, -0.05) is 6.07 Å². The molecule has 13 heavy (non-hydrogen) atoms. The quantitative estimate of drug-likeness (QED) is 0.649. The summed E-state index contributed by atoms with van der Waals surface area (Å²) >= 11 is 0. The van der Waals surface area contributed by atoms with Crippen LogP contribution in [0.4, 0.5) is 0 Å². The van der Waals surface area contributed by atoms with E-state index in [-0.39, 0.29) is 6.04 Å². The van der Waals surface area contributed by atoms with Crippen LogP contribution in [0.15, 0.2) is 12.1 Å². The molecule has 0 fully saturated rings. The largest absolute Gasteiger partial charge is 0.493 e. The van der Waals surface area contributed by atoms with E-state index in [4.69, 9.17) is 10.5 Å². The molecular weight excluding hydrogens is 162 g/mol. The minimum Gasteiger partial charge on any atom is -0.493 e. The summed E-state index contributed by atoms with van der Waals surface area (Å²) in [5, 5.41) is 0. The molecule has 1 aliphatic heterocycles. The Balaban J connectivity index is 2.16. The van der Waals surface area contributed by atoms with Gasteiger partial charge in [-0.05, 0) is 35.6 Å². The second-order valence-corrected chi connectivity index (χ2v) is 3.90. The molecule has 1 heterocycles. The summed E-state index contributed by atoms with van der Waals surface area (Å²) in [6, 6.07) is 4.70. The second kappa shape index (κ2) is 2.48. The van der Waals surface area contributed by atoms with E-state index in [0.717, 1.165) is 31.6 Å². The van der Waals surface area contributed by atoms with Crippen molar-refractivity contribution in [2.24, 2.45) is 5.73 Å². The average Bonchev–Trinajstić information content (AvgIpc) is 2.70. The summed E-state index contributed by atoms with van der Waals surface area (Å²) in [5.74, 6) is 1.09. The number of nitrogens with two attached hydrogens (primary N) is 1. The van der Waals surface area contributed by atoms with Gasteiger partial charge in [-0.15, -0.1) is 0 Å². The van der Waals surface area contributed by atoms with Crippen LogP contribution in [0.3, 0.4) is 0 Å². The summed E-state index contributed by atoms with van der Waals surface area (Å²) in [6.45, 7) is 0.841. The minimum atomic E-state index is 0.265. The Hall–Kier alpha value is -1.02. The van der Waals surface area contributed by atoms with Gasteiger partial charge < -0.3 is 10.5 Å². The third-order valence-corrected chi connectivity index (χ3v) is 3.08. The van der Waals surface area contributed by atoms with E-state index in [1.807, 2.05) is 0 Å². The molecule has 2 nitrogen and oxygen atoms in total. The van der Waals surface area contributed by atoms with Crippen molar-refractivity contribution in [2.75, 3.05) is 6.61 Å². The number of hydrogen-bond acceptors (Lipinski definition) is 2. The number of fused-ring (bicyclic) bond motifs is 2. The molecule has 2 N–H and O–H groups in total. The maximum atomic E-state index is 6.00. The highest BCUT2D eigenvalue weighted by Crippen LogP contribution is 2.36. The monoisotopic (exact) mass is 175 g/mol. The van der Waals surface area contributed by atoms with Crippen molar-refractivity contribution in [1.82, 2.24) is 0 Å². The van der Waals surface area contributed by atoms with Gasteiger partial charge in [-0.2, -0.15) is 0 Å². The number of benzene rings is 1. The van der Waals surface area contributed by atoms with Crippen LogP contribution in [0.2, 0.25) is 0 Å². The Morgan fingerprint density at radius 2 is 2.15 bits per heavy atom. The van der Waals surface area contributed by atoms with Crippen molar-refractivity contribution < 1.29 is 4.74 Å². The standard InChI is InChI=1S/C11H13NO/c12-10-2-1-7-6-11-8(3-4-13-11)5-9(7)10/h5-6,10H,1-4,12H2/t10-/m1/s1. The van der Waals surface area contributed by atoms with Gasteiger partial charge in [0.2, 0.25) is 0 Å². The summed E-state index contributed by atoms with van der Waals surface area (Å²) in [4.78, 5) is 0. The average molecular weight is 175 g/mol. The molecule has 0 unspecified atom stereocenters. The van der Waals surface area contributed by atoms with Crippen LogP contribution >= 0.6 is 0 Å². The van der Waals surface area contributed by atoms with Crippen LogP contribution in [0.1, 0.15) is 29.2 Å². The third kappa shape index (κ3) is 0.985. The highest BCUT2D eigenvalue weighted by Gasteiger charge is 2.23. The molecule has 0 bridgehead atoms. The van der Waals surface area contributed by atoms with E-state index >= 15 is 0 Å². The van der Waals surface area contributed by atoms with Crippen LogP contribution < -0.4 is 10.5 Å². The Bertz CT molecular complexity index is 359. The molecule has 1 atom stereocenters. The molecule has 2 aliphatic rings. The van der Waals surface area contributed by atoms with Crippen molar-refractivity contribution >= 4 is 0 Å². The van der Waals surface area contributed by atoms with Gasteiger partial charge in [0, 0.05) is 12.5 Å². The van der Waals surface area contributed by atoms with Crippen molar-refractivity contribution in [3.05, 3.63) is 28.8 Å². The zero-order valence-corrected chi connectivity index (χ0v) is 7.55. The van der Waals surface area contributed by atoms with Gasteiger partial charge in [0.15, 0.2) is 0 Å². The van der Waals surface area contributed by atoms with Gasteiger partial charge in [-0.25, -0.2) is 0 Å². The Morgan fingerprint density at radius 1 is 1.23 bits per heavy atom. The van der Waals surface area contributed by atoms with Gasteiger partial charge in [0.25, 0.3) is 0 Å².